The van der Waals surface area contributed by atoms with Crippen molar-refractivity contribution in [1.82, 2.24) is 20.2 Å². The van der Waals surface area contributed by atoms with Gasteiger partial charge in [-0.1, -0.05) is 12.0 Å². The molecule has 0 spiro atoms. The molecule has 0 bridgehead atoms. The second-order valence-electron chi connectivity index (χ2n) is 5.25. The van der Waals surface area contributed by atoms with Crippen LogP contribution in [0, 0.1) is 0 Å². The van der Waals surface area contributed by atoms with E-state index in [1.165, 1.54) is 0 Å². The topological polar surface area (TPSA) is 90.2 Å². The van der Waals surface area contributed by atoms with Crippen molar-refractivity contribution in [2.45, 2.75) is 31.1 Å². The molecular formula is C11H19N5O3S. The first-order valence-corrected chi connectivity index (χ1v) is 8.65. The normalized spacial score (nSPS) is 21.9. The lowest BCUT2D eigenvalue weighted by Gasteiger charge is -2.39. The second-order valence-corrected chi connectivity index (χ2v) is 7.82. The average molecular weight is 301 g/mol. The third-order valence-corrected chi connectivity index (χ3v) is 6.17. The van der Waals surface area contributed by atoms with E-state index < -0.39 is 9.84 Å². The molecule has 0 aliphatic carbocycles. The summed E-state index contributed by atoms with van der Waals surface area (Å²) in [5.74, 6) is 0.871. The number of anilines is 1. The van der Waals surface area contributed by atoms with E-state index in [4.69, 9.17) is 4.74 Å². The molecule has 3 heterocycles. The van der Waals surface area contributed by atoms with Crippen molar-refractivity contribution in [2.24, 2.45) is 0 Å². The molecular weight excluding hydrogens is 282 g/mol. The third-order valence-electron chi connectivity index (χ3n) is 4.05. The summed E-state index contributed by atoms with van der Waals surface area (Å²) in [7, 11) is -2.96. The highest BCUT2D eigenvalue weighted by Gasteiger charge is 2.39. The molecule has 8 nitrogen and oxygen atoms in total. The maximum atomic E-state index is 11.8. The van der Waals surface area contributed by atoms with E-state index in [-0.39, 0.29) is 17.0 Å². The minimum absolute atomic E-state index is 0.191. The van der Waals surface area contributed by atoms with Crippen molar-refractivity contribution in [1.29, 1.82) is 0 Å². The Morgan fingerprint density at radius 2 is 2.00 bits per heavy atom. The molecule has 2 fully saturated rings. The Hall–Kier alpha value is -1.22. The van der Waals surface area contributed by atoms with E-state index in [9.17, 15) is 8.42 Å². The van der Waals surface area contributed by atoms with Crippen LogP contribution in [-0.4, -0.2) is 65.9 Å². The standard InChI is InChI=1S/C11H19N5O3S/c1-2-20(17,18)10-7-15(8-10)11-12-13-14-16(11)9-3-5-19-6-4-9/h9-10H,2-8H2,1H3. The van der Waals surface area contributed by atoms with Gasteiger partial charge in [-0.25, -0.2) is 13.1 Å². The summed E-state index contributed by atoms with van der Waals surface area (Å²) in [5.41, 5.74) is 0. The van der Waals surface area contributed by atoms with Gasteiger partial charge in [0, 0.05) is 32.1 Å². The number of sulfone groups is 1. The first-order chi connectivity index (χ1) is 9.62. The minimum Gasteiger partial charge on any atom is -0.381 e. The predicted octanol–water partition coefficient (Wildman–Crippen LogP) is -0.352. The Bertz CT molecular complexity index is 560. The second kappa shape index (κ2) is 5.28. The van der Waals surface area contributed by atoms with Crippen molar-refractivity contribution in [3.8, 4) is 0 Å². The zero-order chi connectivity index (χ0) is 14.2. The van der Waals surface area contributed by atoms with Crippen molar-refractivity contribution >= 4 is 15.8 Å². The van der Waals surface area contributed by atoms with E-state index in [1.54, 1.807) is 6.92 Å². The zero-order valence-electron chi connectivity index (χ0n) is 11.5. The van der Waals surface area contributed by atoms with E-state index in [1.807, 2.05) is 9.58 Å². The largest absolute Gasteiger partial charge is 0.381 e. The highest BCUT2D eigenvalue weighted by Crippen LogP contribution is 2.28. The van der Waals surface area contributed by atoms with Crippen molar-refractivity contribution in [2.75, 3.05) is 37.0 Å². The fourth-order valence-corrected chi connectivity index (χ4v) is 3.91. The van der Waals surface area contributed by atoms with E-state index in [2.05, 4.69) is 15.5 Å². The van der Waals surface area contributed by atoms with Gasteiger partial charge in [0.1, 0.15) is 0 Å². The molecule has 0 radical (unpaired) electrons. The van der Waals surface area contributed by atoms with E-state index in [0.717, 1.165) is 26.1 Å². The molecule has 1 aromatic rings. The number of hydrogen-bond acceptors (Lipinski definition) is 7. The van der Waals surface area contributed by atoms with Gasteiger partial charge < -0.3 is 9.64 Å². The molecule has 2 saturated heterocycles. The van der Waals surface area contributed by atoms with Crippen LogP contribution in [0.5, 0.6) is 0 Å². The van der Waals surface area contributed by atoms with Gasteiger partial charge in [0.05, 0.1) is 11.3 Å². The van der Waals surface area contributed by atoms with E-state index in [0.29, 0.717) is 19.0 Å². The predicted molar refractivity (Wildman–Crippen MR) is 72.4 cm³/mol. The first kappa shape index (κ1) is 13.7. The molecule has 0 atom stereocenters. The summed E-state index contributed by atoms with van der Waals surface area (Å²) < 4.78 is 30.7. The van der Waals surface area contributed by atoms with Crippen LogP contribution in [-0.2, 0) is 14.6 Å². The molecule has 0 N–H and O–H groups in total. The van der Waals surface area contributed by atoms with Crippen LogP contribution >= 0.6 is 0 Å². The maximum Gasteiger partial charge on any atom is 0.245 e. The Balaban J connectivity index is 1.69. The van der Waals surface area contributed by atoms with Gasteiger partial charge in [0.2, 0.25) is 5.95 Å². The summed E-state index contributed by atoms with van der Waals surface area (Å²) in [6.45, 7) is 4.09. The van der Waals surface area contributed by atoms with Gasteiger partial charge in [0.25, 0.3) is 0 Å². The van der Waals surface area contributed by atoms with Crippen LogP contribution < -0.4 is 4.90 Å². The highest BCUT2D eigenvalue weighted by molar-refractivity contribution is 7.92. The van der Waals surface area contributed by atoms with Crippen molar-refractivity contribution in [3.05, 3.63) is 0 Å². The van der Waals surface area contributed by atoms with Crippen LogP contribution in [0.1, 0.15) is 25.8 Å². The molecule has 2 aliphatic heterocycles. The number of ether oxygens (including phenoxy) is 1. The molecule has 20 heavy (non-hydrogen) atoms. The monoisotopic (exact) mass is 301 g/mol. The van der Waals surface area contributed by atoms with Crippen LogP contribution in [0.4, 0.5) is 5.95 Å². The minimum atomic E-state index is -2.96. The molecule has 2 aliphatic rings. The number of nitrogens with zero attached hydrogens (tertiary/aromatic N) is 5. The SMILES string of the molecule is CCS(=O)(=O)C1CN(c2nnnn2C2CCOCC2)C1. The quantitative estimate of drug-likeness (QED) is 0.750. The fourth-order valence-electron chi connectivity index (χ4n) is 2.63. The fraction of sp³-hybridized carbons (Fsp3) is 0.909. The molecule has 0 aromatic carbocycles. The highest BCUT2D eigenvalue weighted by atomic mass is 32.2. The summed E-state index contributed by atoms with van der Waals surface area (Å²) in [4.78, 5) is 1.94. The Morgan fingerprint density at radius 3 is 2.65 bits per heavy atom. The Labute approximate surface area is 118 Å². The van der Waals surface area contributed by atoms with Crippen molar-refractivity contribution in [3.63, 3.8) is 0 Å². The van der Waals surface area contributed by atoms with E-state index >= 15 is 0 Å². The lowest BCUT2D eigenvalue weighted by Crippen LogP contribution is -2.56. The van der Waals surface area contributed by atoms with Gasteiger partial charge in [-0.15, -0.1) is 0 Å². The van der Waals surface area contributed by atoms with Crippen LogP contribution in [0.25, 0.3) is 0 Å². The van der Waals surface area contributed by atoms with Gasteiger partial charge >= 0.3 is 0 Å². The number of hydrogen-bond donors (Lipinski definition) is 0. The molecule has 1 aromatic heterocycles. The molecule has 3 rings (SSSR count). The summed E-state index contributed by atoms with van der Waals surface area (Å²) in [6.07, 6.45) is 1.78. The number of aromatic nitrogens is 4. The smallest absolute Gasteiger partial charge is 0.245 e. The Morgan fingerprint density at radius 1 is 1.30 bits per heavy atom. The van der Waals surface area contributed by atoms with Gasteiger partial charge in [-0.3, -0.25) is 0 Å². The summed E-state index contributed by atoms with van der Waals surface area (Å²) >= 11 is 0. The zero-order valence-corrected chi connectivity index (χ0v) is 12.3. The molecule has 0 unspecified atom stereocenters. The summed E-state index contributed by atoms with van der Waals surface area (Å²) in [5, 5.41) is 11.6. The molecule has 112 valence electrons. The Kier molecular flexibility index (Phi) is 3.63. The maximum absolute atomic E-state index is 11.8. The number of tetrazole rings is 1. The lowest BCUT2D eigenvalue weighted by atomic mass is 10.1. The summed E-state index contributed by atoms with van der Waals surface area (Å²) in [6, 6.07) is 0.246. The van der Waals surface area contributed by atoms with Crippen LogP contribution in [0.3, 0.4) is 0 Å². The average Bonchev–Trinajstić information content (AvgIpc) is 2.87. The van der Waals surface area contributed by atoms with Crippen molar-refractivity contribution < 1.29 is 13.2 Å². The lowest BCUT2D eigenvalue weighted by molar-refractivity contribution is 0.0659. The van der Waals surface area contributed by atoms with Crippen LogP contribution in [0.15, 0.2) is 0 Å². The van der Waals surface area contributed by atoms with Gasteiger partial charge in [-0.05, 0) is 23.3 Å². The third kappa shape index (κ3) is 2.39. The molecule has 0 saturated carbocycles. The van der Waals surface area contributed by atoms with Crippen LogP contribution in [0.2, 0.25) is 0 Å². The van der Waals surface area contributed by atoms with Gasteiger partial charge in [-0.2, -0.15) is 0 Å². The first-order valence-electron chi connectivity index (χ1n) is 6.94. The number of rotatable bonds is 4. The van der Waals surface area contributed by atoms with Gasteiger partial charge in [0.15, 0.2) is 9.84 Å². The molecule has 9 heteroatoms. The molecule has 0 amide bonds.